The van der Waals surface area contributed by atoms with E-state index < -0.39 is 0 Å². The molecule has 1 aliphatic heterocycles. The molecule has 0 spiro atoms. The van der Waals surface area contributed by atoms with Crippen molar-refractivity contribution in [2.75, 3.05) is 20.2 Å². The van der Waals surface area contributed by atoms with Gasteiger partial charge in [0.05, 0.1) is 7.11 Å². The first-order valence-electron chi connectivity index (χ1n) is 7.55. The molecule has 0 aliphatic carbocycles. The van der Waals surface area contributed by atoms with Crippen LogP contribution < -0.4 is 10.1 Å². The molecule has 1 N–H and O–H groups in total. The van der Waals surface area contributed by atoms with Crippen molar-refractivity contribution in [2.24, 2.45) is 5.92 Å². The van der Waals surface area contributed by atoms with Crippen LogP contribution in [0.25, 0.3) is 0 Å². The number of nitrogens with one attached hydrogen (secondary N) is 1. The van der Waals surface area contributed by atoms with Crippen molar-refractivity contribution < 1.29 is 4.74 Å². The van der Waals surface area contributed by atoms with Crippen molar-refractivity contribution in [1.29, 1.82) is 0 Å². The van der Waals surface area contributed by atoms with E-state index in [1.165, 1.54) is 12.0 Å². The fraction of sp³-hybridized carbons (Fsp3) is 0.688. The summed E-state index contributed by atoms with van der Waals surface area (Å²) in [7, 11) is 1.65. The van der Waals surface area contributed by atoms with E-state index >= 15 is 0 Å². The number of aromatic nitrogens is 1. The molecule has 4 heteroatoms. The maximum absolute atomic E-state index is 5.11. The van der Waals surface area contributed by atoms with Crippen LogP contribution in [0.4, 0.5) is 0 Å². The largest absolute Gasteiger partial charge is 0.481 e. The molecule has 2 unspecified atom stereocenters. The second-order valence-corrected chi connectivity index (χ2v) is 6.22. The minimum Gasteiger partial charge on any atom is -0.481 e. The molecule has 20 heavy (non-hydrogen) atoms. The molecule has 1 aromatic rings. The molecule has 0 radical (unpaired) electrons. The molecule has 0 amide bonds. The SMILES string of the molecule is COc1ccc(CN2CC(CC(C)C)NCC2C)cn1. The Hall–Kier alpha value is -1.13. The van der Waals surface area contributed by atoms with Gasteiger partial charge in [0.2, 0.25) is 5.88 Å². The van der Waals surface area contributed by atoms with Gasteiger partial charge < -0.3 is 10.1 Å². The first-order valence-corrected chi connectivity index (χ1v) is 7.55. The lowest BCUT2D eigenvalue weighted by molar-refractivity contribution is 0.124. The summed E-state index contributed by atoms with van der Waals surface area (Å²) in [4.78, 5) is 6.84. The Bertz CT molecular complexity index is 405. The van der Waals surface area contributed by atoms with Crippen molar-refractivity contribution in [3.05, 3.63) is 23.9 Å². The van der Waals surface area contributed by atoms with E-state index in [9.17, 15) is 0 Å². The van der Waals surface area contributed by atoms with Crippen molar-refractivity contribution in [3.8, 4) is 5.88 Å². The summed E-state index contributed by atoms with van der Waals surface area (Å²) in [5.74, 6) is 1.42. The third-order valence-electron chi connectivity index (χ3n) is 3.93. The molecule has 0 saturated carbocycles. The van der Waals surface area contributed by atoms with E-state index in [0.29, 0.717) is 18.0 Å². The van der Waals surface area contributed by atoms with Gasteiger partial charge in [-0.25, -0.2) is 4.98 Å². The van der Waals surface area contributed by atoms with Gasteiger partial charge in [0, 0.05) is 44.0 Å². The van der Waals surface area contributed by atoms with Crippen LogP contribution in [-0.2, 0) is 6.54 Å². The molecular formula is C16H27N3O. The molecule has 0 bridgehead atoms. The van der Waals surface area contributed by atoms with E-state index in [0.717, 1.165) is 25.6 Å². The van der Waals surface area contributed by atoms with Crippen LogP contribution >= 0.6 is 0 Å². The van der Waals surface area contributed by atoms with Gasteiger partial charge in [-0.15, -0.1) is 0 Å². The Balaban J connectivity index is 1.94. The number of ether oxygens (including phenoxy) is 1. The zero-order chi connectivity index (χ0) is 14.5. The van der Waals surface area contributed by atoms with Crippen molar-refractivity contribution in [2.45, 2.75) is 45.8 Å². The number of pyridine rings is 1. The first-order chi connectivity index (χ1) is 9.58. The van der Waals surface area contributed by atoms with Crippen LogP contribution in [0.2, 0.25) is 0 Å². The highest BCUT2D eigenvalue weighted by atomic mass is 16.5. The van der Waals surface area contributed by atoms with Gasteiger partial charge in [-0.05, 0) is 24.8 Å². The van der Waals surface area contributed by atoms with Crippen molar-refractivity contribution >= 4 is 0 Å². The molecule has 4 nitrogen and oxygen atoms in total. The van der Waals surface area contributed by atoms with Crippen LogP contribution in [0, 0.1) is 5.92 Å². The number of nitrogens with zero attached hydrogens (tertiary/aromatic N) is 2. The highest BCUT2D eigenvalue weighted by Gasteiger charge is 2.25. The predicted molar refractivity (Wildman–Crippen MR) is 81.9 cm³/mol. The molecule has 0 aromatic carbocycles. The van der Waals surface area contributed by atoms with E-state index in [1.54, 1.807) is 7.11 Å². The molecule has 2 atom stereocenters. The Morgan fingerprint density at radius 1 is 1.45 bits per heavy atom. The summed E-state index contributed by atoms with van der Waals surface area (Å²) in [6, 6.07) is 5.23. The number of methoxy groups -OCH3 is 1. The molecule has 2 rings (SSSR count). The zero-order valence-corrected chi connectivity index (χ0v) is 13.1. The van der Waals surface area contributed by atoms with Gasteiger partial charge >= 0.3 is 0 Å². The monoisotopic (exact) mass is 277 g/mol. The quantitative estimate of drug-likeness (QED) is 0.896. The maximum Gasteiger partial charge on any atom is 0.212 e. The van der Waals surface area contributed by atoms with Gasteiger partial charge in [0.15, 0.2) is 0 Å². The number of piperazine rings is 1. The van der Waals surface area contributed by atoms with Gasteiger partial charge in [-0.1, -0.05) is 19.9 Å². The Morgan fingerprint density at radius 3 is 2.85 bits per heavy atom. The standard InChI is InChI=1S/C16H27N3O/c1-12(2)7-15-11-19(13(3)8-17-15)10-14-5-6-16(20-4)18-9-14/h5-6,9,12-13,15,17H,7-8,10-11H2,1-4H3. The Morgan fingerprint density at radius 2 is 2.25 bits per heavy atom. The fourth-order valence-corrected chi connectivity index (χ4v) is 2.80. The smallest absolute Gasteiger partial charge is 0.212 e. The van der Waals surface area contributed by atoms with Crippen LogP contribution in [0.5, 0.6) is 5.88 Å². The summed E-state index contributed by atoms with van der Waals surface area (Å²) in [5, 5.41) is 3.66. The van der Waals surface area contributed by atoms with E-state index in [-0.39, 0.29) is 0 Å². The number of hydrogen-bond acceptors (Lipinski definition) is 4. The normalized spacial score (nSPS) is 24.1. The average Bonchev–Trinajstić information content (AvgIpc) is 2.43. The van der Waals surface area contributed by atoms with Gasteiger partial charge in [0.25, 0.3) is 0 Å². The molecule has 1 aliphatic rings. The zero-order valence-electron chi connectivity index (χ0n) is 13.1. The summed E-state index contributed by atoms with van der Waals surface area (Å²) in [5.41, 5.74) is 1.25. The Kier molecular flexibility index (Phi) is 5.38. The van der Waals surface area contributed by atoms with E-state index in [4.69, 9.17) is 4.74 Å². The van der Waals surface area contributed by atoms with Crippen molar-refractivity contribution in [3.63, 3.8) is 0 Å². The van der Waals surface area contributed by atoms with Gasteiger partial charge in [-0.2, -0.15) is 0 Å². The highest BCUT2D eigenvalue weighted by molar-refractivity contribution is 5.17. The third-order valence-corrected chi connectivity index (χ3v) is 3.93. The minimum absolute atomic E-state index is 0.570. The molecule has 2 heterocycles. The summed E-state index contributed by atoms with van der Waals surface area (Å²) in [6.45, 7) is 10.0. The summed E-state index contributed by atoms with van der Waals surface area (Å²) >= 11 is 0. The fourth-order valence-electron chi connectivity index (χ4n) is 2.80. The molecule has 1 aromatic heterocycles. The molecule has 1 fully saturated rings. The lowest BCUT2D eigenvalue weighted by atomic mass is 10.00. The van der Waals surface area contributed by atoms with Crippen LogP contribution in [0.1, 0.15) is 32.8 Å². The van der Waals surface area contributed by atoms with Gasteiger partial charge in [0.1, 0.15) is 0 Å². The summed E-state index contributed by atoms with van der Waals surface area (Å²) in [6.07, 6.45) is 3.16. The molecule has 112 valence electrons. The lowest BCUT2D eigenvalue weighted by Gasteiger charge is -2.39. The second-order valence-electron chi connectivity index (χ2n) is 6.22. The number of hydrogen-bond donors (Lipinski definition) is 1. The maximum atomic E-state index is 5.11. The molecule has 1 saturated heterocycles. The minimum atomic E-state index is 0.570. The number of rotatable bonds is 5. The second kappa shape index (κ2) is 7.04. The van der Waals surface area contributed by atoms with Gasteiger partial charge in [-0.3, -0.25) is 4.90 Å². The van der Waals surface area contributed by atoms with Crippen LogP contribution in [-0.4, -0.2) is 42.2 Å². The van der Waals surface area contributed by atoms with Crippen LogP contribution in [0.15, 0.2) is 18.3 Å². The van der Waals surface area contributed by atoms with Crippen LogP contribution in [0.3, 0.4) is 0 Å². The predicted octanol–water partition coefficient (Wildman–Crippen LogP) is 2.30. The van der Waals surface area contributed by atoms with Crippen molar-refractivity contribution in [1.82, 2.24) is 15.2 Å². The summed E-state index contributed by atoms with van der Waals surface area (Å²) < 4.78 is 5.11. The highest BCUT2D eigenvalue weighted by Crippen LogP contribution is 2.16. The first kappa shape index (κ1) is 15.3. The third kappa shape index (κ3) is 4.18. The lowest BCUT2D eigenvalue weighted by Crippen LogP contribution is -2.55. The molecular weight excluding hydrogens is 250 g/mol. The Labute approximate surface area is 122 Å². The van der Waals surface area contributed by atoms with E-state index in [1.807, 2.05) is 12.3 Å². The topological polar surface area (TPSA) is 37.4 Å². The van der Waals surface area contributed by atoms with E-state index in [2.05, 4.69) is 42.0 Å². The average molecular weight is 277 g/mol.